The maximum Gasteiger partial charge on any atom is 0.283 e. The number of sulfonamides is 1. The quantitative estimate of drug-likeness (QED) is 0.112. The first-order valence-corrected chi connectivity index (χ1v) is 24.5. The molecule has 5 heterocycles. The van der Waals surface area contributed by atoms with Crippen LogP contribution in [0.2, 0.25) is 0 Å². The first kappa shape index (κ1) is 42.9. The van der Waals surface area contributed by atoms with Crippen molar-refractivity contribution < 1.29 is 31.2 Å². The molecule has 2 amide bonds. The van der Waals surface area contributed by atoms with Crippen molar-refractivity contribution in [3.8, 4) is 0 Å². The van der Waals surface area contributed by atoms with E-state index in [1.165, 1.54) is 18.2 Å². The molecule has 0 bridgehead atoms. The number of nitrogens with zero attached hydrogens (tertiary/aromatic N) is 5. The third kappa shape index (κ3) is 10.3. The molecule has 0 aliphatic carbocycles. The highest BCUT2D eigenvalue weighted by Gasteiger charge is 2.27. The molecule has 0 saturated carbocycles. The summed E-state index contributed by atoms with van der Waals surface area (Å²) in [6.45, 7) is 4.56. The van der Waals surface area contributed by atoms with Gasteiger partial charge in [0, 0.05) is 67.4 Å². The van der Waals surface area contributed by atoms with E-state index in [1.54, 1.807) is 36.2 Å². The summed E-state index contributed by atoms with van der Waals surface area (Å²) in [5.41, 5.74) is 3.10. The topological polar surface area (TPSA) is 184 Å². The highest BCUT2D eigenvalue weighted by atomic mass is 32.2. The third-order valence-electron chi connectivity index (χ3n) is 10.8. The van der Waals surface area contributed by atoms with Crippen LogP contribution >= 0.6 is 11.8 Å². The molecule has 62 heavy (non-hydrogen) atoms. The van der Waals surface area contributed by atoms with Gasteiger partial charge in [0.15, 0.2) is 15.7 Å². The van der Waals surface area contributed by atoms with Crippen molar-refractivity contribution in [3.05, 3.63) is 138 Å². The van der Waals surface area contributed by atoms with Gasteiger partial charge in [-0.05, 0) is 84.6 Å². The number of ether oxygens (including phenoxy) is 1. The molecule has 18 heteroatoms. The number of thioether (sulfide) groups is 1. The van der Waals surface area contributed by atoms with Crippen molar-refractivity contribution in [2.24, 2.45) is 0 Å². The molecule has 1 fully saturated rings. The molecular weight excluding hydrogens is 849 g/mol. The Labute approximate surface area is 364 Å². The first-order valence-electron chi connectivity index (χ1n) is 20.1. The van der Waals surface area contributed by atoms with Crippen molar-refractivity contribution in [1.82, 2.24) is 24.0 Å². The van der Waals surface area contributed by atoms with Gasteiger partial charge in [0.1, 0.15) is 17.2 Å². The van der Waals surface area contributed by atoms with E-state index in [0.29, 0.717) is 67.7 Å². The van der Waals surface area contributed by atoms with Gasteiger partial charge in [0.05, 0.1) is 34.9 Å². The van der Waals surface area contributed by atoms with Crippen molar-refractivity contribution >= 4 is 66.4 Å². The summed E-state index contributed by atoms with van der Waals surface area (Å²) < 4.78 is 63.2. The number of carbonyl (C=O) groups is 2. The van der Waals surface area contributed by atoms with Crippen molar-refractivity contribution in [2.45, 2.75) is 40.1 Å². The lowest BCUT2D eigenvalue weighted by Crippen LogP contribution is -2.39. The van der Waals surface area contributed by atoms with E-state index in [4.69, 9.17) is 4.74 Å². The Bertz CT molecular complexity index is 2780. The van der Waals surface area contributed by atoms with Crippen molar-refractivity contribution in [2.75, 3.05) is 66.9 Å². The summed E-state index contributed by atoms with van der Waals surface area (Å²) in [6, 6.07) is 29.4. The number of carbonyl (C=O) groups excluding carboxylic acids is 2. The molecule has 1 atom stereocenters. The summed E-state index contributed by atoms with van der Waals surface area (Å²) in [6.07, 6.45) is 5.92. The fourth-order valence-corrected chi connectivity index (χ4v) is 10.4. The van der Waals surface area contributed by atoms with E-state index in [2.05, 4.69) is 30.2 Å². The lowest BCUT2D eigenvalue weighted by molar-refractivity contribution is 0.0370. The monoisotopic (exact) mass is 894 g/mol. The average Bonchev–Trinajstić information content (AvgIpc) is 3.69. The Morgan fingerprint density at radius 2 is 1.65 bits per heavy atom. The van der Waals surface area contributed by atoms with Crippen LogP contribution in [-0.2, 0) is 37.6 Å². The van der Waals surface area contributed by atoms with Crippen LogP contribution in [0.15, 0.2) is 130 Å². The molecule has 1 saturated heterocycles. The Kier molecular flexibility index (Phi) is 12.9. The number of fused-ring (bicyclic) bond motifs is 2. The minimum atomic E-state index is -4.55. The van der Waals surface area contributed by atoms with Crippen LogP contribution in [0.25, 0.3) is 5.65 Å². The number of pyridine rings is 2. The van der Waals surface area contributed by atoms with Gasteiger partial charge in [-0.3, -0.25) is 14.5 Å². The number of aromatic nitrogens is 3. The second-order valence-electron chi connectivity index (χ2n) is 15.1. The second-order valence-corrected chi connectivity index (χ2v) is 19.9. The number of anilines is 3. The largest absolute Gasteiger partial charge is 0.380 e. The van der Waals surface area contributed by atoms with Gasteiger partial charge in [-0.1, -0.05) is 42.5 Å². The van der Waals surface area contributed by atoms with Crippen LogP contribution in [0.5, 0.6) is 0 Å². The smallest absolute Gasteiger partial charge is 0.283 e. The molecule has 2 aliphatic rings. The maximum absolute atomic E-state index is 13.7. The lowest BCUT2D eigenvalue weighted by atomic mass is 9.94. The predicted octanol–water partition coefficient (Wildman–Crippen LogP) is 5.36. The van der Waals surface area contributed by atoms with Crippen LogP contribution < -0.4 is 20.3 Å². The fraction of sp³-hybridized carbons (Fsp3) is 0.273. The average molecular weight is 895 g/mol. The van der Waals surface area contributed by atoms with E-state index >= 15 is 0 Å². The Hall–Kier alpha value is -5.79. The number of morpholine rings is 1. The van der Waals surface area contributed by atoms with E-state index in [9.17, 15) is 26.4 Å². The van der Waals surface area contributed by atoms with Gasteiger partial charge in [0.25, 0.3) is 21.8 Å². The number of hydrogen-bond donors (Lipinski definition) is 3. The van der Waals surface area contributed by atoms with Crippen LogP contribution in [0.1, 0.15) is 38.4 Å². The Morgan fingerprint density at radius 3 is 2.44 bits per heavy atom. The minimum Gasteiger partial charge on any atom is -0.380 e. The zero-order valence-corrected chi connectivity index (χ0v) is 36.4. The molecule has 6 aromatic rings. The number of sulfone groups is 1. The molecule has 0 spiro atoms. The molecule has 2 aliphatic heterocycles. The molecule has 322 valence electrons. The molecule has 15 nitrogen and oxygen atoms in total. The number of benzene rings is 3. The summed E-state index contributed by atoms with van der Waals surface area (Å²) in [4.78, 5) is 40.8. The van der Waals surface area contributed by atoms with Crippen molar-refractivity contribution in [1.29, 1.82) is 0 Å². The lowest BCUT2D eigenvalue weighted by Gasteiger charge is -2.31. The number of nitrogens with one attached hydrogen (secondary N) is 3. The van der Waals surface area contributed by atoms with Crippen LogP contribution in [0, 0.1) is 0 Å². The van der Waals surface area contributed by atoms with Crippen molar-refractivity contribution in [3.63, 3.8) is 0 Å². The summed E-state index contributed by atoms with van der Waals surface area (Å²) >= 11 is 1.64. The minimum absolute atomic E-state index is 0.157. The van der Waals surface area contributed by atoms with Gasteiger partial charge < -0.3 is 24.7 Å². The molecule has 0 radical (unpaired) electrons. The van der Waals surface area contributed by atoms with E-state index in [1.807, 2.05) is 76.2 Å². The second kappa shape index (κ2) is 18.7. The zero-order chi connectivity index (χ0) is 43.3. The Morgan fingerprint density at radius 1 is 0.855 bits per heavy atom. The highest BCUT2D eigenvalue weighted by Crippen LogP contribution is 2.30. The standard InChI is InChI=1S/C44H46N8O7S3/c1-61(55,56)39-27-34(16-17-37(39)45-32(19-21-50-23-25-59-26-24-50)30-60-33-10-3-2-4-11-33)62(57,58)49-44(54)38-13-8-15-41(46-38)52-22-18-31-9-7-12-35(36(31)28-52)43(53)48-40-29-51-20-6-5-14-42(51)47-40/h2-17,20,27,29,32,45H,18-19,21-26,28,30H2,1H3,(H,48,53)(H,49,54)/t32-/m1/s1. The number of imidazole rings is 1. The van der Waals surface area contributed by atoms with Gasteiger partial charge >= 0.3 is 0 Å². The SMILES string of the molecule is CS(=O)(=O)c1cc(S(=O)(=O)NC(=O)c2cccc(N3CCc4cccc(C(=O)Nc5cn6ccccc6n5)c4C3)n2)ccc1N[C@H](CCN1CCOCC1)CSc1ccccc1. The summed E-state index contributed by atoms with van der Waals surface area (Å²) in [7, 11) is -8.49. The molecule has 0 unspecified atom stereocenters. The third-order valence-corrected chi connectivity index (χ3v) is 14.4. The molecule has 3 aromatic carbocycles. The number of amides is 2. The first-order chi connectivity index (χ1) is 29.9. The zero-order valence-electron chi connectivity index (χ0n) is 33.9. The van der Waals surface area contributed by atoms with E-state index in [0.717, 1.165) is 48.0 Å². The normalized spacial score (nSPS) is 15.1. The molecular formula is C44H46N8O7S3. The van der Waals surface area contributed by atoms with E-state index < -0.39 is 30.7 Å². The molecule has 8 rings (SSSR count). The highest BCUT2D eigenvalue weighted by molar-refractivity contribution is 7.99. The van der Waals surface area contributed by atoms with Crippen LogP contribution in [0.3, 0.4) is 0 Å². The Balaban J connectivity index is 0.965. The van der Waals surface area contributed by atoms with Crippen LogP contribution in [0.4, 0.5) is 17.3 Å². The fourth-order valence-electron chi connectivity index (χ4n) is 7.52. The van der Waals surface area contributed by atoms with Gasteiger partial charge in [-0.25, -0.2) is 31.5 Å². The van der Waals surface area contributed by atoms with Gasteiger partial charge in [-0.2, -0.15) is 0 Å². The van der Waals surface area contributed by atoms with Crippen LogP contribution in [-0.4, -0.2) is 105 Å². The summed E-state index contributed by atoms with van der Waals surface area (Å²) in [5.74, 6) is 0.163. The molecule has 3 aromatic heterocycles. The van der Waals surface area contributed by atoms with E-state index in [-0.39, 0.29) is 28.2 Å². The van der Waals surface area contributed by atoms with Gasteiger partial charge in [-0.15, -0.1) is 11.8 Å². The molecule has 3 N–H and O–H groups in total. The van der Waals surface area contributed by atoms with Gasteiger partial charge in [0.2, 0.25) is 0 Å². The maximum atomic E-state index is 13.7. The number of hydrogen-bond acceptors (Lipinski definition) is 13. The predicted molar refractivity (Wildman–Crippen MR) is 239 cm³/mol. The summed E-state index contributed by atoms with van der Waals surface area (Å²) in [5, 5.41) is 6.30. The number of rotatable bonds is 15.